The number of nitrogens with one attached hydrogen (secondary N) is 1. The van der Waals surface area contributed by atoms with E-state index in [0.29, 0.717) is 6.42 Å². The van der Waals surface area contributed by atoms with Gasteiger partial charge in [-0.2, -0.15) is 0 Å². The molecule has 1 amide bonds. The summed E-state index contributed by atoms with van der Waals surface area (Å²) in [6.45, 7) is 2.04. The molecule has 0 aromatic heterocycles. The smallest absolute Gasteiger partial charge is 0.247 e. The molecule has 0 saturated carbocycles. The quantitative estimate of drug-likeness (QED) is 0.664. The molecule has 1 rings (SSSR count). The van der Waals surface area contributed by atoms with Crippen LogP contribution in [0.3, 0.4) is 0 Å². The number of rotatable bonds is 6. The summed E-state index contributed by atoms with van der Waals surface area (Å²) in [6.07, 6.45) is -0.489. The predicted octanol–water partition coefficient (Wildman–Crippen LogP) is 0.193. The second kappa shape index (κ2) is 6.32. The maximum absolute atomic E-state index is 12.7. The normalized spacial score (nSPS) is 14.3. The number of halogens is 1. The van der Waals surface area contributed by atoms with E-state index >= 15 is 0 Å². The molecular formula is C12H17FN2O2. The Morgan fingerprint density at radius 2 is 2.06 bits per heavy atom. The average molecular weight is 240 g/mol. The molecule has 5 heteroatoms. The van der Waals surface area contributed by atoms with E-state index < -0.39 is 12.0 Å². The van der Waals surface area contributed by atoms with Crippen molar-refractivity contribution >= 4 is 5.91 Å². The number of amides is 1. The SMILES string of the molecule is CC(Cc1ccc(F)cc1)NCC(O)C(N)=O. The third kappa shape index (κ3) is 4.93. The molecule has 2 atom stereocenters. The van der Waals surface area contributed by atoms with Crippen LogP contribution in [0.4, 0.5) is 4.39 Å². The summed E-state index contributed by atoms with van der Waals surface area (Å²) in [5.41, 5.74) is 5.91. The largest absolute Gasteiger partial charge is 0.382 e. The van der Waals surface area contributed by atoms with Crippen LogP contribution < -0.4 is 11.1 Å². The zero-order valence-electron chi connectivity index (χ0n) is 9.69. The highest BCUT2D eigenvalue weighted by Gasteiger charge is 2.12. The van der Waals surface area contributed by atoms with Crippen LogP contribution in [0.1, 0.15) is 12.5 Å². The molecule has 4 nitrogen and oxygen atoms in total. The van der Waals surface area contributed by atoms with Gasteiger partial charge in [0.1, 0.15) is 11.9 Å². The van der Waals surface area contributed by atoms with Gasteiger partial charge in [-0.05, 0) is 31.0 Å². The Hall–Kier alpha value is -1.46. The molecule has 0 fully saturated rings. The van der Waals surface area contributed by atoms with Gasteiger partial charge in [0.2, 0.25) is 5.91 Å². The summed E-state index contributed by atoms with van der Waals surface area (Å²) >= 11 is 0. The van der Waals surface area contributed by atoms with Crippen molar-refractivity contribution in [1.82, 2.24) is 5.32 Å². The number of primary amides is 1. The van der Waals surface area contributed by atoms with Gasteiger partial charge in [-0.1, -0.05) is 12.1 Å². The first-order chi connectivity index (χ1) is 7.99. The van der Waals surface area contributed by atoms with Gasteiger partial charge in [-0.25, -0.2) is 4.39 Å². The van der Waals surface area contributed by atoms with Gasteiger partial charge >= 0.3 is 0 Å². The van der Waals surface area contributed by atoms with Crippen molar-refractivity contribution in [2.45, 2.75) is 25.5 Å². The van der Waals surface area contributed by atoms with E-state index in [1.54, 1.807) is 12.1 Å². The minimum Gasteiger partial charge on any atom is -0.382 e. The van der Waals surface area contributed by atoms with Gasteiger partial charge < -0.3 is 16.2 Å². The lowest BCUT2D eigenvalue weighted by Gasteiger charge is -2.15. The third-order valence-corrected chi connectivity index (χ3v) is 2.44. The minimum absolute atomic E-state index is 0.0643. The van der Waals surface area contributed by atoms with Gasteiger partial charge in [0.15, 0.2) is 0 Å². The summed E-state index contributed by atoms with van der Waals surface area (Å²) in [4.78, 5) is 10.6. The topological polar surface area (TPSA) is 75.3 Å². The Kier molecular flexibility index (Phi) is 5.06. The number of nitrogens with two attached hydrogens (primary N) is 1. The summed E-state index contributed by atoms with van der Waals surface area (Å²) in [5.74, 6) is -1.01. The van der Waals surface area contributed by atoms with E-state index in [4.69, 9.17) is 5.73 Å². The fourth-order valence-corrected chi connectivity index (χ4v) is 1.46. The Labute approximate surface area is 99.6 Å². The van der Waals surface area contributed by atoms with Gasteiger partial charge in [0.05, 0.1) is 0 Å². The van der Waals surface area contributed by atoms with E-state index in [9.17, 15) is 14.3 Å². The zero-order chi connectivity index (χ0) is 12.8. The second-order valence-electron chi connectivity index (χ2n) is 4.06. The first-order valence-electron chi connectivity index (χ1n) is 5.44. The molecule has 0 heterocycles. The molecule has 0 bridgehead atoms. The molecule has 1 aromatic rings. The maximum Gasteiger partial charge on any atom is 0.247 e. The summed E-state index contributed by atoms with van der Waals surface area (Å²) in [5, 5.41) is 12.2. The van der Waals surface area contributed by atoms with Crippen molar-refractivity contribution in [2.75, 3.05) is 6.54 Å². The van der Waals surface area contributed by atoms with Crippen LogP contribution in [-0.4, -0.2) is 29.7 Å². The molecule has 4 N–H and O–H groups in total. The second-order valence-corrected chi connectivity index (χ2v) is 4.06. The van der Waals surface area contributed by atoms with Gasteiger partial charge in [0.25, 0.3) is 0 Å². The monoisotopic (exact) mass is 240 g/mol. The number of hydrogen-bond donors (Lipinski definition) is 3. The highest BCUT2D eigenvalue weighted by Crippen LogP contribution is 2.05. The number of carbonyl (C=O) groups is 1. The van der Waals surface area contributed by atoms with E-state index in [1.807, 2.05) is 6.92 Å². The summed E-state index contributed by atoms with van der Waals surface area (Å²) < 4.78 is 12.7. The number of benzene rings is 1. The van der Waals surface area contributed by atoms with E-state index in [-0.39, 0.29) is 18.4 Å². The molecule has 0 aliphatic heterocycles. The van der Waals surface area contributed by atoms with Crippen LogP contribution >= 0.6 is 0 Å². The van der Waals surface area contributed by atoms with Crippen molar-refractivity contribution < 1.29 is 14.3 Å². The fourth-order valence-electron chi connectivity index (χ4n) is 1.46. The lowest BCUT2D eigenvalue weighted by Crippen LogP contribution is -2.41. The number of carbonyl (C=O) groups excluding carboxylic acids is 1. The lowest BCUT2D eigenvalue weighted by molar-refractivity contribution is -0.125. The first-order valence-corrected chi connectivity index (χ1v) is 5.44. The van der Waals surface area contributed by atoms with Crippen LogP contribution in [0.5, 0.6) is 0 Å². The maximum atomic E-state index is 12.7. The molecular weight excluding hydrogens is 223 g/mol. The van der Waals surface area contributed by atoms with E-state index in [2.05, 4.69) is 5.32 Å². The third-order valence-electron chi connectivity index (χ3n) is 2.44. The number of hydrogen-bond acceptors (Lipinski definition) is 3. The fraction of sp³-hybridized carbons (Fsp3) is 0.417. The molecule has 17 heavy (non-hydrogen) atoms. The van der Waals surface area contributed by atoms with Gasteiger partial charge in [-0.15, -0.1) is 0 Å². The van der Waals surface area contributed by atoms with Crippen LogP contribution in [0, 0.1) is 5.82 Å². The highest BCUT2D eigenvalue weighted by molar-refractivity contribution is 5.78. The molecule has 2 unspecified atom stereocenters. The number of aliphatic hydroxyl groups is 1. The van der Waals surface area contributed by atoms with Gasteiger partial charge in [0, 0.05) is 12.6 Å². The average Bonchev–Trinajstić information content (AvgIpc) is 2.29. The molecule has 0 spiro atoms. The van der Waals surface area contributed by atoms with Crippen molar-refractivity contribution in [3.63, 3.8) is 0 Å². The van der Waals surface area contributed by atoms with Crippen molar-refractivity contribution in [3.8, 4) is 0 Å². The van der Waals surface area contributed by atoms with Crippen LogP contribution in [0.2, 0.25) is 0 Å². The molecule has 94 valence electrons. The van der Waals surface area contributed by atoms with E-state index in [0.717, 1.165) is 5.56 Å². The zero-order valence-corrected chi connectivity index (χ0v) is 9.69. The standard InChI is InChI=1S/C12H17FN2O2/c1-8(15-7-11(16)12(14)17)6-9-2-4-10(13)5-3-9/h2-5,8,11,15-16H,6-7H2,1H3,(H2,14,17). The molecule has 0 saturated heterocycles. The lowest BCUT2D eigenvalue weighted by atomic mass is 10.1. The summed E-state index contributed by atoms with van der Waals surface area (Å²) in [7, 11) is 0. The Bertz CT molecular complexity index is 367. The molecule has 0 radical (unpaired) electrons. The van der Waals surface area contributed by atoms with Crippen molar-refractivity contribution in [2.24, 2.45) is 5.73 Å². The molecule has 0 aliphatic carbocycles. The van der Waals surface area contributed by atoms with Gasteiger partial charge in [-0.3, -0.25) is 4.79 Å². The summed E-state index contributed by atoms with van der Waals surface area (Å²) in [6, 6.07) is 6.28. The highest BCUT2D eigenvalue weighted by atomic mass is 19.1. The number of aliphatic hydroxyl groups excluding tert-OH is 1. The minimum atomic E-state index is -1.18. The predicted molar refractivity (Wildman–Crippen MR) is 62.8 cm³/mol. The Morgan fingerprint density at radius 3 is 2.59 bits per heavy atom. The van der Waals surface area contributed by atoms with E-state index in [1.165, 1.54) is 12.1 Å². The van der Waals surface area contributed by atoms with Crippen LogP contribution in [0.15, 0.2) is 24.3 Å². The Balaban J connectivity index is 2.36. The molecule has 0 aliphatic rings. The van der Waals surface area contributed by atoms with Crippen LogP contribution in [0.25, 0.3) is 0 Å². The van der Waals surface area contributed by atoms with Crippen molar-refractivity contribution in [3.05, 3.63) is 35.6 Å². The first kappa shape index (κ1) is 13.6. The van der Waals surface area contributed by atoms with Crippen molar-refractivity contribution in [1.29, 1.82) is 0 Å². The molecule has 1 aromatic carbocycles. The van der Waals surface area contributed by atoms with Crippen LogP contribution in [-0.2, 0) is 11.2 Å². The Morgan fingerprint density at radius 1 is 1.47 bits per heavy atom.